The van der Waals surface area contributed by atoms with Crippen LogP contribution in [0.3, 0.4) is 0 Å². The van der Waals surface area contributed by atoms with Crippen LogP contribution in [0.1, 0.15) is 27.4 Å². The Labute approximate surface area is 356 Å². The van der Waals surface area contributed by atoms with Crippen molar-refractivity contribution in [1.82, 2.24) is 39.4 Å². The van der Waals surface area contributed by atoms with Gasteiger partial charge in [-0.3, -0.25) is 29.9 Å². The third kappa shape index (κ3) is 10.5. The van der Waals surface area contributed by atoms with E-state index < -0.39 is 49.8 Å². The van der Waals surface area contributed by atoms with Crippen LogP contribution < -0.4 is 16.0 Å². The SMILES string of the molecule is O=C(Nc1nc2cccc(-c3ccc(CN4CCS(=O)(=O)CC4)s3)n2n1)[C@H]1C[C@H]1F.O=Cc1ccc(-c2cccc3nc(NC(=O)[C@H]4C[C@H]4F)nn23)s1.O=S1(=O)CCNCC1. The first kappa shape index (κ1) is 42.6. The number of anilines is 2. The van der Waals surface area contributed by atoms with Crippen LogP contribution in [0, 0.1) is 11.8 Å². The van der Waals surface area contributed by atoms with Gasteiger partial charge in [0, 0.05) is 37.6 Å². The maximum atomic E-state index is 13.1. The molecule has 2 aliphatic carbocycles. The minimum Gasteiger partial charge on any atom is -0.315 e. The Morgan fingerprint density at radius 1 is 0.721 bits per heavy atom. The molecule has 8 heterocycles. The topological polar surface area (TPSA) is 219 Å². The largest absolute Gasteiger partial charge is 0.315 e. The molecule has 4 aliphatic rings. The number of pyridine rings is 2. The summed E-state index contributed by atoms with van der Waals surface area (Å²) < 4.78 is 73.7. The van der Waals surface area contributed by atoms with Crippen molar-refractivity contribution < 1.29 is 40.0 Å². The Bertz CT molecular complexity index is 2800. The first-order chi connectivity index (χ1) is 29.2. The Kier molecular flexibility index (Phi) is 12.4. The number of fused-ring (bicyclic) bond motifs is 2. The highest BCUT2D eigenvalue weighted by Gasteiger charge is 2.44. The molecule has 10 rings (SSSR count). The molecule has 0 bridgehead atoms. The number of sulfone groups is 2. The molecule has 322 valence electrons. The number of nitrogens with zero attached hydrogens (tertiary/aromatic N) is 7. The summed E-state index contributed by atoms with van der Waals surface area (Å²) in [5.74, 6) is -0.610. The first-order valence-corrected chi connectivity index (χ1v) is 24.6. The summed E-state index contributed by atoms with van der Waals surface area (Å²) in [5, 5.41) is 16.8. The van der Waals surface area contributed by atoms with E-state index >= 15 is 0 Å². The summed E-state index contributed by atoms with van der Waals surface area (Å²) in [6.07, 6.45) is -0.818. The van der Waals surface area contributed by atoms with Crippen LogP contribution in [0.25, 0.3) is 32.4 Å². The monoisotopic (exact) mass is 914 g/mol. The van der Waals surface area contributed by atoms with Gasteiger partial charge in [-0.2, -0.15) is 9.97 Å². The highest BCUT2D eigenvalue weighted by Crippen LogP contribution is 2.36. The molecule has 61 heavy (non-hydrogen) atoms. The van der Waals surface area contributed by atoms with E-state index in [0.717, 1.165) is 32.3 Å². The van der Waals surface area contributed by atoms with Crippen molar-refractivity contribution in [2.75, 3.05) is 59.8 Å². The molecule has 6 aromatic heterocycles. The number of hydrogen-bond acceptors (Lipinski definition) is 15. The van der Waals surface area contributed by atoms with Crippen LogP contribution in [0.2, 0.25) is 0 Å². The third-order valence-electron chi connectivity index (χ3n) is 10.2. The van der Waals surface area contributed by atoms with Gasteiger partial charge in [-0.15, -0.1) is 32.9 Å². The molecule has 17 nitrogen and oxygen atoms in total. The lowest BCUT2D eigenvalue weighted by molar-refractivity contribution is -0.118. The van der Waals surface area contributed by atoms with Crippen LogP contribution in [0.4, 0.5) is 20.7 Å². The molecule has 0 unspecified atom stereocenters. The fourth-order valence-corrected chi connectivity index (χ4v) is 10.8. The highest BCUT2D eigenvalue weighted by atomic mass is 32.2. The lowest BCUT2D eigenvalue weighted by Crippen LogP contribution is -2.39. The predicted octanol–water partition coefficient (Wildman–Crippen LogP) is 3.56. The van der Waals surface area contributed by atoms with Gasteiger partial charge in [0.2, 0.25) is 23.7 Å². The highest BCUT2D eigenvalue weighted by molar-refractivity contribution is 7.91. The lowest BCUT2D eigenvalue weighted by atomic mass is 10.3. The van der Waals surface area contributed by atoms with E-state index in [0.29, 0.717) is 60.4 Å². The average molecular weight is 915 g/mol. The summed E-state index contributed by atoms with van der Waals surface area (Å²) in [7, 11) is -5.53. The zero-order valence-electron chi connectivity index (χ0n) is 32.3. The number of thiophene rings is 2. The van der Waals surface area contributed by atoms with Gasteiger partial charge < -0.3 is 5.32 Å². The van der Waals surface area contributed by atoms with E-state index in [4.69, 9.17) is 0 Å². The second-order valence-corrected chi connectivity index (χ2v) is 21.7. The smallest absolute Gasteiger partial charge is 0.249 e. The molecule has 23 heteroatoms. The second-order valence-electron chi connectivity index (χ2n) is 14.8. The first-order valence-electron chi connectivity index (χ1n) is 19.3. The summed E-state index contributed by atoms with van der Waals surface area (Å²) in [6, 6.07) is 18.6. The van der Waals surface area contributed by atoms with Gasteiger partial charge in [0.15, 0.2) is 37.3 Å². The Morgan fingerprint density at radius 3 is 1.67 bits per heavy atom. The van der Waals surface area contributed by atoms with Crippen LogP contribution in [-0.2, 0) is 35.8 Å². The summed E-state index contributed by atoms with van der Waals surface area (Å²) in [5.41, 5.74) is 2.76. The molecule has 2 saturated carbocycles. The number of aldehydes is 1. The molecule has 0 spiro atoms. The Hall–Kier alpha value is -5.07. The van der Waals surface area contributed by atoms with Crippen LogP contribution in [0.15, 0.2) is 60.7 Å². The van der Waals surface area contributed by atoms with E-state index in [1.54, 1.807) is 38.6 Å². The predicted molar refractivity (Wildman–Crippen MR) is 227 cm³/mol. The van der Waals surface area contributed by atoms with E-state index in [9.17, 15) is 40.0 Å². The maximum Gasteiger partial charge on any atom is 0.249 e. The fourth-order valence-electron chi connectivity index (χ4n) is 6.53. The third-order valence-corrected chi connectivity index (χ3v) is 15.6. The van der Waals surface area contributed by atoms with E-state index in [1.165, 1.54) is 11.3 Å². The molecule has 2 saturated heterocycles. The number of alkyl halides is 2. The van der Waals surface area contributed by atoms with Crippen molar-refractivity contribution in [1.29, 1.82) is 0 Å². The quantitative estimate of drug-likeness (QED) is 0.177. The molecule has 0 aromatic carbocycles. The van der Waals surface area contributed by atoms with Crippen molar-refractivity contribution in [2.45, 2.75) is 31.7 Å². The van der Waals surface area contributed by atoms with E-state index in [1.807, 2.05) is 42.5 Å². The van der Waals surface area contributed by atoms with Gasteiger partial charge in [0.05, 0.1) is 60.9 Å². The molecule has 3 N–H and O–H groups in total. The summed E-state index contributed by atoms with van der Waals surface area (Å²) >= 11 is 2.96. The number of aromatic nitrogens is 6. The van der Waals surface area contributed by atoms with E-state index in [-0.39, 0.29) is 42.2 Å². The van der Waals surface area contributed by atoms with Crippen molar-refractivity contribution in [3.05, 3.63) is 70.4 Å². The summed E-state index contributed by atoms with van der Waals surface area (Å²) in [4.78, 5) is 48.9. The number of halogens is 2. The number of carbonyl (C=O) groups is 3. The van der Waals surface area contributed by atoms with Crippen molar-refractivity contribution >= 4 is 83.6 Å². The minimum absolute atomic E-state index is 0.147. The van der Waals surface area contributed by atoms with Gasteiger partial charge in [-0.1, -0.05) is 12.1 Å². The molecule has 4 fully saturated rings. The zero-order valence-corrected chi connectivity index (χ0v) is 35.6. The summed E-state index contributed by atoms with van der Waals surface area (Å²) in [6.45, 7) is 3.07. The Balaban J connectivity index is 0.000000146. The van der Waals surface area contributed by atoms with E-state index in [2.05, 4.69) is 41.0 Å². The molecular weight excluding hydrogens is 875 g/mol. The molecule has 2 amide bonds. The second kappa shape index (κ2) is 17.7. The molecule has 4 atom stereocenters. The minimum atomic E-state index is -2.89. The van der Waals surface area contributed by atoms with Crippen molar-refractivity contribution in [2.24, 2.45) is 11.8 Å². The standard InChI is InChI=1S/C19H20FN5O3S2.C15H11FN4O2S.C4H9NO2S/c20-14-10-13(14)18(26)22-19-21-17-3-1-2-15(25(17)23-19)16-5-4-12(29-16)11-24-6-8-30(27,28)9-7-24;16-10-6-9(10)14(22)18-15-17-13-3-1-2-11(20(13)19-15)12-5-4-8(7-21)23-12;6-8(7)3-1-5-2-4-8/h1-5,13-14H,6-11H2,(H,22,23,26);1-5,7,9-10H,6H2,(H,18,19,22);5H,1-4H2/t13-,14+;9-,10+;/m00./s1. The van der Waals surface area contributed by atoms with Crippen molar-refractivity contribution in [3.63, 3.8) is 0 Å². The zero-order chi connectivity index (χ0) is 42.9. The van der Waals surface area contributed by atoms with Gasteiger partial charge in [-0.05, 0) is 61.4 Å². The van der Waals surface area contributed by atoms with Crippen molar-refractivity contribution in [3.8, 4) is 21.1 Å². The maximum absolute atomic E-state index is 13.1. The number of hydrogen-bond donors (Lipinski definition) is 3. The van der Waals surface area contributed by atoms with Gasteiger partial charge >= 0.3 is 0 Å². The Morgan fingerprint density at radius 2 is 1.21 bits per heavy atom. The molecular formula is C38H40F2N10O7S4. The van der Waals surface area contributed by atoms with Crippen LogP contribution in [-0.4, -0.2) is 131 Å². The van der Waals surface area contributed by atoms with Gasteiger partial charge in [0.1, 0.15) is 12.3 Å². The lowest BCUT2D eigenvalue weighted by Gasteiger charge is -2.25. The molecule has 6 aromatic rings. The molecule has 0 radical (unpaired) electrons. The average Bonchev–Trinajstić information content (AvgIpc) is 3.74. The number of amides is 2. The fraction of sp³-hybridized carbons (Fsp3) is 0.395. The number of rotatable bonds is 9. The normalized spacial score (nSPS) is 22.6. The van der Waals surface area contributed by atoms with Crippen LogP contribution in [0.5, 0.6) is 0 Å². The van der Waals surface area contributed by atoms with Gasteiger partial charge in [0.25, 0.3) is 0 Å². The number of carbonyl (C=O) groups excluding carboxylic acids is 3. The van der Waals surface area contributed by atoms with Gasteiger partial charge in [-0.25, -0.2) is 34.6 Å². The molecule has 2 aliphatic heterocycles. The number of nitrogens with one attached hydrogen (secondary N) is 3. The van der Waals surface area contributed by atoms with Crippen LogP contribution >= 0.6 is 22.7 Å².